The molecule has 0 aliphatic heterocycles. The maximum atomic E-state index is 5.47. The summed E-state index contributed by atoms with van der Waals surface area (Å²) in [6, 6.07) is 9.53. The minimum Gasteiger partial charge on any atom is -0.383 e. The van der Waals surface area contributed by atoms with E-state index < -0.39 is 0 Å². The molecule has 0 aliphatic carbocycles. The number of hydrogen-bond acceptors (Lipinski definition) is 2. The first-order chi connectivity index (χ1) is 15.7. The van der Waals surface area contributed by atoms with Gasteiger partial charge in [0.25, 0.3) is 0 Å². The third-order valence-corrected chi connectivity index (χ3v) is 6.39. The van der Waals surface area contributed by atoms with E-state index in [1.54, 1.807) is 0 Å². The summed E-state index contributed by atoms with van der Waals surface area (Å²) in [7, 11) is 2.20. The minimum absolute atomic E-state index is 0.417. The molecule has 0 bridgehead atoms. The Hall–Kier alpha value is -2.50. The average molecular weight is 447 g/mol. The molecule has 0 radical (unpaired) electrons. The van der Waals surface area contributed by atoms with E-state index in [2.05, 4.69) is 108 Å². The fraction of sp³-hybridized carbons (Fsp3) is 0.484. The highest BCUT2D eigenvalue weighted by molar-refractivity contribution is 5.60. The van der Waals surface area contributed by atoms with Crippen molar-refractivity contribution in [1.82, 2.24) is 10.2 Å². The second-order valence-corrected chi connectivity index (χ2v) is 9.35. The molecular formula is C31H46N2. The topological polar surface area (TPSA) is 15.3 Å². The molecule has 1 N–H and O–H groups in total. The fourth-order valence-corrected chi connectivity index (χ4v) is 3.66. The summed E-state index contributed by atoms with van der Waals surface area (Å²) in [6.45, 7) is 18.8. The molecule has 0 aromatic heterocycles. The van der Waals surface area contributed by atoms with Crippen LogP contribution in [-0.4, -0.2) is 30.6 Å². The van der Waals surface area contributed by atoms with Crippen LogP contribution in [0.3, 0.4) is 0 Å². The quantitative estimate of drug-likeness (QED) is 0.233. The summed E-state index contributed by atoms with van der Waals surface area (Å²) < 4.78 is 0. The molecule has 0 fully saturated rings. The maximum Gasteiger partial charge on any atom is 0.0302 e. The van der Waals surface area contributed by atoms with E-state index in [0.29, 0.717) is 12.1 Å². The van der Waals surface area contributed by atoms with Gasteiger partial charge in [0.15, 0.2) is 0 Å². The summed E-state index contributed by atoms with van der Waals surface area (Å²) in [4.78, 5) is 2.40. The van der Waals surface area contributed by atoms with Crippen molar-refractivity contribution in [2.45, 2.75) is 85.7 Å². The van der Waals surface area contributed by atoms with Crippen molar-refractivity contribution in [3.63, 3.8) is 0 Å². The highest BCUT2D eigenvalue weighted by Crippen LogP contribution is 2.23. The van der Waals surface area contributed by atoms with Crippen molar-refractivity contribution in [2.24, 2.45) is 0 Å². The van der Waals surface area contributed by atoms with Crippen molar-refractivity contribution in [1.29, 1.82) is 0 Å². The van der Waals surface area contributed by atoms with E-state index in [9.17, 15) is 0 Å². The number of hydrogen-bond donors (Lipinski definition) is 1. The van der Waals surface area contributed by atoms with Crippen LogP contribution >= 0.6 is 0 Å². The van der Waals surface area contributed by atoms with Crippen LogP contribution in [0.5, 0.6) is 0 Å². The van der Waals surface area contributed by atoms with Crippen molar-refractivity contribution in [3.8, 4) is 12.3 Å². The van der Waals surface area contributed by atoms with Gasteiger partial charge in [-0.3, -0.25) is 0 Å². The van der Waals surface area contributed by atoms with Crippen molar-refractivity contribution < 1.29 is 0 Å². The Morgan fingerprint density at radius 3 is 2.48 bits per heavy atom. The van der Waals surface area contributed by atoms with Crippen LogP contribution in [0.25, 0.3) is 6.08 Å². The molecule has 0 saturated heterocycles. The first-order valence-electron chi connectivity index (χ1n) is 12.5. The number of nitrogens with zero attached hydrogens (tertiary/aromatic N) is 1. The van der Waals surface area contributed by atoms with E-state index in [-0.39, 0.29) is 0 Å². The molecule has 1 unspecified atom stereocenters. The van der Waals surface area contributed by atoms with Gasteiger partial charge in [0.05, 0.1) is 0 Å². The zero-order valence-electron chi connectivity index (χ0n) is 22.2. The fourth-order valence-electron chi connectivity index (χ4n) is 3.66. The lowest BCUT2D eigenvalue weighted by Crippen LogP contribution is -2.34. The Bertz CT molecular complexity index is 876. The molecule has 33 heavy (non-hydrogen) atoms. The van der Waals surface area contributed by atoms with Crippen molar-refractivity contribution in [3.05, 3.63) is 76.5 Å². The van der Waals surface area contributed by atoms with Gasteiger partial charge < -0.3 is 10.2 Å². The molecule has 0 saturated carbocycles. The van der Waals surface area contributed by atoms with Crippen molar-refractivity contribution in [2.75, 3.05) is 13.6 Å². The highest BCUT2D eigenvalue weighted by atomic mass is 15.1. The first-order valence-corrected chi connectivity index (χ1v) is 12.5. The monoisotopic (exact) mass is 446 g/mol. The predicted octanol–water partition coefficient (Wildman–Crippen LogP) is 7.69. The van der Waals surface area contributed by atoms with E-state index in [4.69, 9.17) is 6.42 Å². The standard InChI is InChI=1S/C31H46N2/c1-10-15-28(11-2)22-25(6)18-19-30(23-29-17-14-13-16-26(29)7)27(8)32-31(12-3)20-21-33(9)24(4)5/h1,13-17,22-24,31-32H,8,11-12,18-21H2,2-7,9H3/b25-22+,28-15-,30-23+. The average Bonchev–Trinajstić information content (AvgIpc) is 2.79. The Kier molecular flexibility index (Phi) is 13.3. The Labute approximate surface area is 204 Å². The Morgan fingerprint density at radius 1 is 1.21 bits per heavy atom. The predicted molar refractivity (Wildman–Crippen MR) is 148 cm³/mol. The van der Waals surface area contributed by atoms with Crippen LogP contribution in [0, 0.1) is 19.3 Å². The van der Waals surface area contributed by atoms with Gasteiger partial charge in [0, 0.05) is 24.3 Å². The zero-order chi connectivity index (χ0) is 24.8. The molecule has 0 spiro atoms. The minimum atomic E-state index is 0.417. The molecule has 1 atom stereocenters. The smallest absolute Gasteiger partial charge is 0.0302 e. The Balaban J connectivity index is 3.04. The van der Waals surface area contributed by atoms with E-state index in [1.807, 2.05) is 6.08 Å². The van der Waals surface area contributed by atoms with Gasteiger partial charge in [-0.05, 0) is 101 Å². The van der Waals surface area contributed by atoms with Crippen molar-refractivity contribution >= 4 is 6.08 Å². The second kappa shape index (κ2) is 15.4. The number of allylic oxidation sites excluding steroid dienone is 5. The van der Waals surface area contributed by atoms with Crippen LogP contribution in [0.4, 0.5) is 0 Å². The summed E-state index contributed by atoms with van der Waals surface area (Å²) in [6.07, 6.45) is 16.9. The highest BCUT2D eigenvalue weighted by Gasteiger charge is 2.13. The molecule has 1 rings (SSSR count). The largest absolute Gasteiger partial charge is 0.383 e. The van der Waals surface area contributed by atoms with Crippen LogP contribution in [0.15, 0.2) is 65.4 Å². The normalized spacial score (nSPS) is 13.9. The van der Waals surface area contributed by atoms with Crippen LogP contribution in [-0.2, 0) is 0 Å². The molecule has 2 nitrogen and oxygen atoms in total. The SMILES string of the molecule is C#C/C=C(\C=C(/C)CC/C(=C\c1ccccc1C)C(=C)NC(CC)CCN(C)C(C)C)CC. The lowest BCUT2D eigenvalue weighted by atomic mass is 9.97. The number of aryl methyl sites for hydroxylation is 1. The molecule has 180 valence electrons. The number of rotatable bonds is 14. The molecule has 1 aromatic rings. The van der Waals surface area contributed by atoms with Gasteiger partial charge in [0.1, 0.15) is 0 Å². The van der Waals surface area contributed by atoms with Gasteiger partial charge in [-0.15, -0.1) is 6.42 Å². The van der Waals surface area contributed by atoms with E-state index >= 15 is 0 Å². The molecular weight excluding hydrogens is 400 g/mol. The lowest BCUT2D eigenvalue weighted by Gasteiger charge is -2.26. The summed E-state index contributed by atoms with van der Waals surface area (Å²) in [5.74, 6) is 2.66. The van der Waals surface area contributed by atoms with E-state index in [0.717, 1.165) is 44.3 Å². The third kappa shape index (κ3) is 10.8. The van der Waals surface area contributed by atoms with E-state index in [1.165, 1.54) is 27.8 Å². The summed E-state index contributed by atoms with van der Waals surface area (Å²) >= 11 is 0. The number of nitrogens with one attached hydrogen (secondary N) is 1. The molecule has 1 aromatic carbocycles. The van der Waals surface area contributed by atoms with Crippen LogP contribution in [0.1, 0.15) is 77.8 Å². The third-order valence-electron chi connectivity index (χ3n) is 6.39. The molecule has 0 aliphatic rings. The number of terminal acetylenes is 1. The van der Waals surface area contributed by atoms with Gasteiger partial charge in [-0.25, -0.2) is 0 Å². The van der Waals surface area contributed by atoms with Gasteiger partial charge in [0.2, 0.25) is 0 Å². The second-order valence-electron chi connectivity index (χ2n) is 9.35. The first kappa shape index (κ1) is 28.5. The zero-order valence-corrected chi connectivity index (χ0v) is 22.2. The Morgan fingerprint density at radius 2 is 1.91 bits per heavy atom. The van der Waals surface area contributed by atoms with Gasteiger partial charge >= 0.3 is 0 Å². The molecule has 2 heteroatoms. The van der Waals surface area contributed by atoms with Crippen LogP contribution < -0.4 is 5.32 Å². The number of benzene rings is 1. The van der Waals surface area contributed by atoms with Gasteiger partial charge in [-0.2, -0.15) is 0 Å². The van der Waals surface area contributed by atoms with Crippen LogP contribution in [0.2, 0.25) is 0 Å². The van der Waals surface area contributed by atoms with Gasteiger partial charge in [-0.1, -0.05) is 62.3 Å². The molecule has 0 amide bonds. The summed E-state index contributed by atoms with van der Waals surface area (Å²) in [5, 5.41) is 3.75. The molecule has 0 heterocycles. The maximum absolute atomic E-state index is 5.47. The lowest BCUT2D eigenvalue weighted by molar-refractivity contribution is 0.257. The summed E-state index contributed by atoms with van der Waals surface area (Å²) in [5.41, 5.74) is 7.40.